The monoisotopic (exact) mass is 460 g/mol. The summed E-state index contributed by atoms with van der Waals surface area (Å²) in [6.07, 6.45) is 5.60. The molecule has 2 amide bonds. The van der Waals surface area contributed by atoms with Crippen molar-refractivity contribution in [2.75, 3.05) is 19.6 Å². The SMILES string of the molecule is NCC1CN(C2=NC=C(n3ccc4cc(CCC(F)(F)CCNC=O)cnc43)CC2)C(=O)O1. The van der Waals surface area contributed by atoms with Crippen LogP contribution in [0.5, 0.6) is 0 Å². The predicted octanol–water partition coefficient (Wildman–Crippen LogP) is 2.51. The van der Waals surface area contributed by atoms with Crippen molar-refractivity contribution < 1.29 is 23.1 Å². The van der Waals surface area contributed by atoms with Crippen molar-refractivity contribution in [3.63, 3.8) is 0 Å². The Morgan fingerprint density at radius 3 is 2.88 bits per heavy atom. The van der Waals surface area contributed by atoms with Gasteiger partial charge in [0, 0.05) is 62.0 Å². The van der Waals surface area contributed by atoms with Crippen LogP contribution in [0.1, 0.15) is 31.2 Å². The summed E-state index contributed by atoms with van der Waals surface area (Å²) in [6.45, 7) is 0.623. The van der Waals surface area contributed by atoms with Gasteiger partial charge in [-0.1, -0.05) is 0 Å². The fourth-order valence-corrected chi connectivity index (χ4v) is 3.96. The van der Waals surface area contributed by atoms with Gasteiger partial charge in [-0.05, 0) is 30.5 Å². The van der Waals surface area contributed by atoms with Crippen molar-refractivity contribution in [2.45, 2.75) is 44.1 Å². The number of cyclic esters (lactones) is 1. The zero-order chi connectivity index (χ0) is 23.4. The summed E-state index contributed by atoms with van der Waals surface area (Å²) in [5.41, 5.74) is 7.95. The Hall–Kier alpha value is -3.34. The summed E-state index contributed by atoms with van der Waals surface area (Å²) in [4.78, 5) is 32.7. The molecule has 0 saturated carbocycles. The van der Waals surface area contributed by atoms with Gasteiger partial charge in [-0.25, -0.2) is 23.6 Å². The van der Waals surface area contributed by atoms with Gasteiger partial charge in [0.2, 0.25) is 12.3 Å². The third-order valence-electron chi connectivity index (χ3n) is 5.81. The van der Waals surface area contributed by atoms with Crippen molar-refractivity contribution in [3.8, 4) is 0 Å². The van der Waals surface area contributed by atoms with Crippen LogP contribution in [0.15, 0.2) is 35.7 Å². The minimum Gasteiger partial charge on any atom is -0.443 e. The predicted molar refractivity (Wildman–Crippen MR) is 119 cm³/mol. The molecule has 3 N–H and O–H groups in total. The Morgan fingerprint density at radius 2 is 2.18 bits per heavy atom. The molecule has 9 nitrogen and oxygen atoms in total. The second-order valence-electron chi connectivity index (χ2n) is 8.14. The number of fused-ring (bicyclic) bond motifs is 1. The number of nitrogens with zero attached hydrogens (tertiary/aromatic N) is 4. The Labute approximate surface area is 189 Å². The summed E-state index contributed by atoms with van der Waals surface area (Å²) in [6, 6.07) is 3.76. The lowest BCUT2D eigenvalue weighted by Crippen LogP contribution is -2.34. The highest BCUT2D eigenvalue weighted by molar-refractivity contribution is 5.98. The first-order chi connectivity index (χ1) is 15.9. The first-order valence-corrected chi connectivity index (χ1v) is 10.9. The average Bonchev–Trinajstić information content (AvgIpc) is 3.41. The van der Waals surface area contributed by atoms with Gasteiger partial charge in [-0.15, -0.1) is 0 Å². The van der Waals surface area contributed by atoms with Gasteiger partial charge < -0.3 is 20.4 Å². The van der Waals surface area contributed by atoms with Gasteiger partial charge in [-0.3, -0.25) is 9.69 Å². The zero-order valence-corrected chi connectivity index (χ0v) is 18.0. The molecule has 11 heteroatoms. The molecule has 1 unspecified atom stereocenters. The minimum atomic E-state index is -2.86. The number of aliphatic imine (C=N–C) groups is 1. The molecule has 2 aliphatic rings. The maximum Gasteiger partial charge on any atom is 0.415 e. The Balaban J connectivity index is 1.44. The molecule has 1 atom stereocenters. The van der Waals surface area contributed by atoms with Crippen LogP contribution in [-0.2, 0) is 16.0 Å². The minimum absolute atomic E-state index is 0.0531. The molecule has 4 heterocycles. The Kier molecular flexibility index (Phi) is 6.68. The molecular weight excluding hydrogens is 434 g/mol. The number of nitrogens with two attached hydrogens (primary N) is 1. The molecule has 1 saturated heterocycles. The van der Waals surface area contributed by atoms with Gasteiger partial charge in [0.15, 0.2) is 0 Å². The number of amidine groups is 1. The average molecular weight is 460 g/mol. The van der Waals surface area contributed by atoms with Crippen LogP contribution in [-0.4, -0.2) is 64.5 Å². The van der Waals surface area contributed by atoms with E-state index >= 15 is 0 Å². The number of carbonyl (C=O) groups is 2. The molecule has 4 rings (SSSR count). The third kappa shape index (κ3) is 5.19. The summed E-state index contributed by atoms with van der Waals surface area (Å²) in [5, 5.41) is 3.12. The lowest BCUT2D eigenvalue weighted by molar-refractivity contribution is -0.109. The van der Waals surface area contributed by atoms with Crippen LogP contribution in [0.2, 0.25) is 0 Å². The second-order valence-corrected chi connectivity index (χ2v) is 8.14. The van der Waals surface area contributed by atoms with Crippen molar-refractivity contribution in [3.05, 3.63) is 36.3 Å². The van der Waals surface area contributed by atoms with Crippen molar-refractivity contribution >= 4 is 35.1 Å². The van der Waals surface area contributed by atoms with Crippen molar-refractivity contribution in [1.29, 1.82) is 0 Å². The van der Waals surface area contributed by atoms with E-state index in [0.717, 1.165) is 22.3 Å². The number of hydrogen-bond donors (Lipinski definition) is 2. The molecule has 0 aromatic carbocycles. The Morgan fingerprint density at radius 1 is 1.33 bits per heavy atom. The number of pyridine rings is 1. The van der Waals surface area contributed by atoms with E-state index < -0.39 is 18.4 Å². The molecule has 0 aliphatic carbocycles. The van der Waals surface area contributed by atoms with Crippen LogP contribution in [0.25, 0.3) is 16.7 Å². The van der Waals surface area contributed by atoms with E-state index in [1.54, 1.807) is 12.4 Å². The van der Waals surface area contributed by atoms with E-state index in [1.807, 2.05) is 22.9 Å². The number of nitrogens with one attached hydrogen (secondary N) is 1. The lowest BCUT2D eigenvalue weighted by Gasteiger charge is -2.20. The largest absolute Gasteiger partial charge is 0.443 e. The zero-order valence-electron chi connectivity index (χ0n) is 18.0. The van der Waals surface area contributed by atoms with Gasteiger partial charge in [0.25, 0.3) is 0 Å². The molecule has 0 spiro atoms. The Bertz CT molecular complexity index is 1100. The normalized spacial score (nSPS) is 18.8. The van der Waals surface area contributed by atoms with Crippen LogP contribution >= 0.6 is 0 Å². The number of aromatic nitrogens is 2. The lowest BCUT2D eigenvalue weighted by atomic mass is 10.0. The van der Waals surface area contributed by atoms with Crippen LogP contribution in [0.4, 0.5) is 13.6 Å². The number of alkyl halides is 2. The molecule has 0 radical (unpaired) electrons. The highest BCUT2D eigenvalue weighted by atomic mass is 19.3. The molecular formula is C22H26F2N6O3. The first kappa shape index (κ1) is 22.8. The number of carbonyl (C=O) groups excluding carboxylic acids is 2. The maximum atomic E-state index is 14.0. The smallest absolute Gasteiger partial charge is 0.415 e. The molecule has 176 valence electrons. The fourth-order valence-electron chi connectivity index (χ4n) is 3.96. The van der Waals surface area contributed by atoms with Crippen molar-refractivity contribution in [2.24, 2.45) is 10.7 Å². The quantitative estimate of drug-likeness (QED) is 0.441. The van der Waals surface area contributed by atoms with Crippen molar-refractivity contribution in [1.82, 2.24) is 19.8 Å². The van der Waals surface area contributed by atoms with Crippen LogP contribution in [0.3, 0.4) is 0 Å². The summed E-state index contributed by atoms with van der Waals surface area (Å²) < 4.78 is 35.0. The number of amides is 2. The van der Waals surface area contributed by atoms with Crippen LogP contribution < -0.4 is 11.1 Å². The number of allylic oxidation sites excluding steroid dienone is 1. The van der Waals surface area contributed by atoms with Gasteiger partial charge >= 0.3 is 6.09 Å². The second kappa shape index (κ2) is 9.65. The molecule has 2 aromatic heterocycles. The highest BCUT2D eigenvalue weighted by Gasteiger charge is 2.34. The van der Waals surface area contributed by atoms with E-state index in [9.17, 15) is 18.4 Å². The van der Waals surface area contributed by atoms with Gasteiger partial charge in [0.05, 0.1) is 6.54 Å². The van der Waals surface area contributed by atoms with Gasteiger partial charge in [0.1, 0.15) is 17.6 Å². The topological polar surface area (TPSA) is 115 Å². The molecule has 1 fully saturated rings. The van der Waals surface area contributed by atoms with E-state index in [2.05, 4.69) is 15.3 Å². The summed E-state index contributed by atoms with van der Waals surface area (Å²) >= 11 is 0. The number of hydrogen-bond acceptors (Lipinski definition) is 6. The maximum absolute atomic E-state index is 14.0. The number of ether oxygens (including phenoxy) is 1. The van der Waals surface area contributed by atoms with E-state index in [0.29, 0.717) is 31.6 Å². The summed E-state index contributed by atoms with van der Waals surface area (Å²) in [7, 11) is 0. The number of rotatable bonds is 9. The van der Waals surface area contributed by atoms with Crippen LogP contribution in [0, 0.1) is 0 Å². The van der Waals surface area contributed by atoms with E-state index in [1.165, 1.54) is 4.90 Å². The number of aryl methyl sites for hydroxylation is 1. The molecule has 33 heavy (non-hydrogen) atoms. The fraction of sp³-hybridized carbons (Fsp3) is 0.455. The first-order valence-electron chi connectivity index (χ1n) is 10.9. The standard InChI is InChI=1S/C22H26F2N6O3/c23-22(24,6-7-26-14-31)5-3-15-9-16-4-8-29(20(16)28-11-15)17-1-2-19(27-12-17)30-13-18(10-25)33-21(30)32/h4,8-9,11-12,14,18H,1-3,5-7,10,13,25H2,(H,26,31). The van der Waals surface area contributed by atoms with Gasteiger partial charge in [-0.2, -0.15) is 0 Å². The third-order valence-corrected chi connectivity index (χ3v) is 5.81. The molecule has 2 aromatic rings. The number of halogens is 2. The van der Waals surface area contributed by atoms with E-state index in [4.69, 9.17) is 10.5 Å². The molecule has 2 aliphatic heterocycles. The molecule has 0 bridgehead atoms. The highest BCUT2D eigenvalue weighted by Crippen LogP contribution is 2.28. The van der Waals surface area contributed by atoms with E-state index in [-0.39, 0.29) is 32.0 Å². The summed E-state index contributed by atoms with van der Waals surface area (Å²) in [5.74, 6) is -2.21.